The van der Waals surface area contributed by atoms with Crippen molar-refractivity contribution in [2.24, 2.45) is 15.9 Å². The van der Waals surface area contributed by atoms with Gasteiger partial charge >= 0.3 is 0 Å². The molecule has 0 radical (unpaired) electrons. The highest BCUT2D eigenvalue weighted by Gasteiger charge is 2.25. The second-order valence-electron chi connectivity index (χ2n) is 16.6. The van der Waals surface area contributed by atoms with Crippen LogP contribution in [0.2, 0.25) is 0 Å². The Kier molecular flexibility index (Phi) is 8.82. The van der Waals surface area contributed by atoms with Gasteiger partial charge in [0.1, 0.15) is 5.58 Å². The Hall–Kier alpha value is -8.08. The van der Waals surface area contributed by atoms with E-state index in [0.717, 1.165) is 78.7 Å². The molecule has 1 unspecified atom stereocenters. The van der Waals surface area contributed by atoms with Gasteiger partial charge in [-0.15, -0.1) is 0 Å². The number of fused-ring (bicyclic) bond motifs is 7. The minimum Gasteiger partial charge on any atom is -0.454 e. The number of allylic oxidation sites excluding steroid dienone is 1. The van der Waals surface area contributed by atoms with Crippen LogP contribution in [0.4, 0.5) is 0 Å². The van der Waals surface area contributed by atoms with Gasteiger partial charge in [-0.25, -0.2) is 9.98 Å². The van der Waals surface area contributed by atoms with Gasteiger partial charge in [0.25, 0.3) is 0 Å². The predicted octanol–water partition coefficient (Wildman–Crippen LogP) is 15.5. The summed E-state index contributed by atoms with van der Waals surface area (Å²) in [7, 11) is 0. The molecule has 3 heterocycles. The molecule has 4 nitrogen and oxygen atoms in total. The van der Waals surface area contributed by atoms with Crippen molar-refractivity contribution in [2.45, 2.75) is 13.3 Å². The van der Waals surface area contributed by atoms with E-state index in [-0.39, 0.29) is 5.92 Å². The van der Waals surface area contributed by atoms with Gasteiger partial charge in [0.15, 0.2) is 11.4 Å². The molecule has 63 heavy (non-hydrogen) atoms. The lowest BCUT2D eigenvalue weighted by molar-refractivity contribution is 0.666. The van der Waals surface area contributed by atoms with Gasteiger partial charge in [-0.2, -0.15) is 0 Å². The molecule has 1 aliphatic heterocycles. The Labute approximate surface area is 365 Å². The van der Waals surface area contributed by atoms with Crippen LogP contribution in [0.1, 0.15) is 30.0 Å². The summed E-state index contributed by atoms with van der Waals surface area (Å²) in [6.45, 7) is 2.28. The smallest absolute Gasteiger partial charge is 0.160 e. The summed E-state index contributed by atoms with van der Waals surface area (Å²) < 4.78 is 9.38. The van der Waals surface area contributed by atoms with Gasteiger partial charge in [-0.3, -0.25) is 0 Å². The fourth-order valence-corrected chi connectivity index (χ4v) is 9.51. The van der Waals surface area contributed by atoms with Crippen molar-refractivity contribution in [3.8, 4) is 27.9 Å². The van der Waals surface area contributed by atoms with Gasteiger partial charge in [0.05, 0.1) is 28.1 Å². The second kappa shape index (κ2) is 15.1. The van der Waals surface area contributed by atoms with Gasteiger partial charge in [-0.1, -0.05) is 177 Å². The summed E-state index contributed by atoms with van der Waals surface area (Å²) in [5.74, 6) is 0.750. The van der Waals surface area contributed by atoms with Crippen molar-refractivity contribution in [1.82, 2.24) is 4.57 Å². The molecular weight excluding hydrogens is 767 g/mol. The number of rotatable bonds is 6. The average Bonchev–Trinajstić information content (AvgIpc) is 3.89. The van der Waals surface area contributed by atoms with E-state index in [2.05, 4.69) is 218 Å². The van der Waals surface area contributed by atoms with Crippen molar-refractivity contribution in [2.75, 3.05) is 0 Å². The fourth-order valence-electron chi connectivity index (χ4n) is 9.51. The topological polar surface area (TPSA) is 42.8 Å². The highest BCUT2D eigenvalue weighted by molar-refractivity contribution is 6.24. The van der Waals surface area contributed by atoms with Crippen LogP contribution in [0, 0.1) is 5.92 Å². The van der Waals surface area contributed by atoms with Gasteiger partial charge in [0.2, 0.25) is 0 Å². The third-order valence-electron chi connectivity index (χ3n) is 12.7. The van der Waals surface area contributed by atoms with E-state index in [9.17, 15) is 0 Å². The summed E-state index contributed by atoms with van der Waals surface area (Å²) >= 11 is 0. The summed E-state index contributed by atoms with van der Waals surface area (Å²) in [6.07, 6.45) is 3.08. The second-order valence-corrected chi connectivity index (χ2v) is 16.6. The first kappa shape index (κ1) is 36.7. The standard InChI is InChI=1S/C59H41N3O/c1-38-27-33-51(42-30-28-41(29-31-42)39-15-4-2-5-16-39)60-59(61-57(38)46-22-14-21-43(35-46)40-17-6-3-7-18-40)49-32-34-53(58-56(49)48-24-11-13-26-55(48)63-58)62-52-25-12-10-23-47(52)50-36-44-19-8-9-20-45(44)37-54(50)62/h2-26,28-38H,27H2,1H3/b51-33+,60-59-,61-57+. The number of furan rings is 1. The minimum absolute atomic E-state index is 0.100. The first-order valence-corrected chi connectivity index (χ1v) is 21.7. The highest BCUT2D eigenvalue weighted by Crippen LogP contribution is 2.41. The Balaban J connectivity index is 1.10. The van der Waals surface area contributed by atoms with E-state index in [1.54, 1.807) is 0 Å². The first-order valence-electron chi connectivity index (χ1n) is 21.7. The summed E-state index contributed by atoms with van der Waals surface area (Å²) in [5.41, 5.74) is 14.5. The molecule has 0 fully saturated rings. The van der Waals surface area contributed by atoms with Gasteiger partial charge < -0.3 is 8.98 Å². The number of nitrogens with zero attached hydrogens (tertiary/aromatic N) is 3. The lowest BCUT2D eigenvalue weighted by Gasteiger charge is -2.20. The van der Waals surface area contributed by atoms with Crippen LogP contribution in [0.15, 0.2) is 227 Å². The number of benzene rings is 9. The van der Waals surface area contributed by atoms with Crippen LogP contribution in [0.3, 0.4) is 0 Å². The van der Waals surface area contributed by atoms with Crippen LogP contribution in [-0.4, -0.2) is 16.1 Å². The van der Waals surface area contributed by atoms with Crippen molar-refractivity contribution < 1.29 is 4.42 Å². The number of aliphatic imine (C=N–C) groups is 2. The Bertz CT molecular complexity index is 3640. The Morgan fingerprint density at radius 2 is 1.10 bits per heavy atom. The van der Waals surface area contributed by atoms with Gasteiger partial charge in [-0.05, 0) is 93.0 Å². The van der Waals surface area contributed by atoms with E-state index in [0.29, 0.717) is 5.84 Å². The Morgan fingerprint density at radius 3 is 1.89 bits per heavy atom. The fraction of sp³-hybridized carbons (Fsp3) is 0.0508. The summed E-state index contributed by atoms with van der Waals surface area (Å²) in [6, 6.07) is 73.3. The number of aromatic nitrogens is 1. The first-order chi connectivity index (χ1) is 31.1. The number of hydrogen-bond acceptors (Lipinski definition) is 3. The third-order valence-corrected chi connectivity index (χ3v) is 12.7. The van der Waals surface area contributed by atoms with Crippen molar-refractivity contribution in [3.63, 3.8) is 0 Å². The van der Waals surface area contributed by atoms with E-state index in [1.165, 1.54) is 38.2 Å². The number of para-hydroxylation sites is 2. The molecule has 1 atom stereocenters. The Morgan fingerprint density at radius 1 is 0.476 bits per heavy atom. The molecule has 0 amide bonds. The quantitative estimate of drug-likeness (QED) is 0.165. The van der Waals surface area contributed by atoms with E-state index in [4.69, 9.17) is 14.4 Å². The molecule has 0 spiro atoms. The van der Waals surface area contributed by atoms with Crippen LogP contribution in [0.25, 0.3) is 88.2 Å². The number of hydrogen-bond donors (Lipinski definition) is 0. The zero-order valence-corrected chi connectivity index (χ0v) is 34.7. The van der Waals surface area contributed by atoms with E-state index < -0.39 is 0 Å². The maximum atomic E-state index is 7.01. The van der Waals surface area contributed by atoms with Crippen molar-refractivity contribution >= 4 is 71.8 Å². The predicted molar refractivity (Wildman–Crippen MR) is 264 cm³/mol. The zero-order chi connectivity index (χ0) is 41.9. The third kappa shape index (κ3) is 6.38. The van der Waals surface area contributed by atoms with E-state index in [1.807, 2.05) is 6.07 Å². The van der Waals surface area contributed by atoms with Crippen LogP contribution < -0.4 is 0 Å². The molecule has 4 heteroatoms. The van der Waals surface area contributed by atoms with Crippen molar-refractivity contribution in [3.05, 3.63) is 229 Å². The SMILES string of the molecule is CC1C/C=C(c2ccc(-c3ccccc3)cc2)/N=C(c2ccc(-n3c4ccccc4c4cc5ccccc5cc43)c3oc4ccccc4c23)\N=C/1c1cccc(-c2ccccc2)c1. The minimum atomic E-state index is 0.100. The molecule has 2 aromatic heterocycles. The van der Waals surface area contributed by atoms with Gasteiger partial charge in [0, 0.05) is 33.0 Å². The molecule has 298 valence electrons. The van der Waals surface area contributed by atoms with Crippen molar-refractivity contribution in [1.29, 1.82) is 0 Å². The van der Waals surface area contributed by atoms with Crippen LogP contribution in [-0.2, 0) is 0 Å². The molecular formula is C59H41N3O. The van der Waals surface area contributed by atoms with Crippen LogP contribution in [0.5, 0.6) is 0 Å². The maximum Gasteiger partial charge on any atom is 0.160 e. The highest BCUT2D eigenvalue weighted by atomic mass is 16.3. The molecule has 9 aromatic carbocycles. The van der Waals surface area contributed by atoms with Crippen LogP contribution >= 0.6 is 0 Å². The lowest BCUT2D eigenvalue weighted by Crippen LogP contribution is -2.17. The molecule has 0 saturated heterocycles. The summed E-state index contributed by atoms with van der Waals surface area (Å²) in [5, 5.41) is 6.82. The summed E-state index contributed by atoms with van der Waals surface area (Å²) in [4.78, 5) is 11.2. The van der Waals surface area contributed by atoms with E-state index >= 15 is 0 Å². The lowest BCUT2D eigenvalue weighted by atomic mass is 9.91. The monoisotopic (exact) mass is 807 g/mol. The molecule has 12 rings (SSSR count). The molecule has 0 saturated carbocycles. The largest absolute Gasteiger partial charge is 0.454 e. The number of amidine groups is 1. The molecule has 0 N–H and O–H groups in total. The zero-order valence-electron chi connectivity index (χ0n) is 34.7. The molecule has 11 aromatic rings. The normalized spacial score (nSPS) is 17.0. The molecule has 0 aliphatic carbocycles. The molecule has 1 aliphatic rings. The maximum absolute atomic E-state index is 7.01. The average molecular weight is 808 g/mol. The molecule has 0 bridgehead atoms.